The van der Waals surface area contributed by atoms with Crippen molar-refractivity contribution in [1.29, 1.82) is 0 Å². The molecule has 4 heteroatoms. The number of fused-ring (bicyclic) bond motifs is 3. The predicted octanol–water partition coefficient (Wildman–Crippen LogP) is 7.70. The molecule has 2 aromatic heterocycles. The third-order valence-electron chi connectivity index (χ3n) is 6.66. The maximum Gasteiger partial charge on any atom is 0.168 e. The highest BCUT2D eigenvalue weighted by molar-refractivity contribution is 6.10. The Hall–Kier alpha value is -4.96. The number of para-hydroxylation sites is 2. The zero-order chi connectivity index (χ0) is 23.9. The molecule has 0 aliphatic rings. The van der Waals surface area contributed by atoms with E-state index in [2.05, 4.69) is 116 Å². The van der Waals surface area contributed by atoms with Crippen molar-refractivity contribution in [2.24, 2.45) is 0 Å². The molecule has 0 spiro atoms. The first-order valence-electron chi connectivity index (χ1n) is 12.0. The second kappa shape index (κ2) is 8.36. The lowest BCUT2D eigenvalue weighted by molar-refractivity contribution is 1.07. The average Bonchev–Trinajstić information content (AvgIpc) is 3.54. The Morgan fingerprint density at radius 2 is 0.917 bits per heavy atom. The van der Waals surface area contributed by atoms with Gasteiger partial charge in [0, 0.05) is 27.6 Å². The molecule has 7 rings (SSSR count). The first-order valence-corrected chi connectivity index (χ1v) is 12.0. The van der Waals surface area contributed by atoms with Crippen LogP contribution in [0.1, 0.15) is 0 Å². The summed E-state index contributed by atoms with van der Waals surface area (Å²) in [6.45, 7) is 0. The first kappa shape index (κ1) is 20.4. The summed E-state index contributed by atoms with van der Waals surface area (Å²) in [5.74, 6) is 1.64. The lowest BCUT2D eigenvalue weighted by Gasteiger charge is -2.12. The molecular weight excluding hydrogens is 440 g/mol. The van der Waals surface area contributed by atoms with Gasteiger partial charge in [-0.25, -0.2) is 0 Å². The van der Waals surface area contributed by atoms with Gasteiger partial charge in [0.15, 0.2) is 11.6 Å². The normalized spacial score (nSPS) is 11.3. The van der Waals surface area contributed by atoms with E-state index in [4.69, 9.17) is 0 Å². The molecule has 4 nitrogen and oxygen atoms in total. The minimum Gasteiger partial charge on any atom is -0.309 e. The monoisotopic (exact) mass is 462 g/mol. The second-order valence-corrected chi connectivity index (χ2v) is 8.80. The van der Waals surface area contributed by atoms with Crippen LogP contribution >= 0.6 is 0 Å². The summed E-state index contributed by atoms with van der Waals surface area (Å²) >= 11 is 0. The predicted molar refractivity (Wildman–Crippen MR) is 147 cm³/mol. The topological polar surface area (TPSA) is 35.6 Å². The summed E-state index contributed by atoms with van der Waals surface area (Å²) in [7, 11) is 0. The zero-order valence-corrected chi connectivity index (χ0v) is 19.5. The van der Waals surface area contributed by atoms with E-state index in [1.165, 1.54) is 21.8 Å². The molecule has 7 aromatic rings. The summed E-state index contributed by atoms with van der Waals surface area (Å²) in [5.41, 5.74) is 6.59. The Bertz CT molecular complexity index is 1760. The Morgan fingerprint density at radius 3 is 1.56 bits per heavy atom. The van der Waals surface area contributed by atoms with Crippen molar-refractivity contribution in [2.45, 2.75) is 0 Å². The minimum atomic E-state index is 0.820. The van der Waals surface area contributed by atoms with Crippen molar-refractivity contribution in [2.75, 3.05) is 0 Å². The quantitative estimate of drug-likeness (QED) is 0.269. The number of aromatic nitrogens is 4. The largest absolute Gasteiger partial charge is 0.309 e. The van der Waals surface area contributed by atoms with E-state index in [1.54, 1.807) is 0 Å². The van der Waals surface area contributed by atoms with Gasteiger partial charge in [-0.1, -0.05) is 97.1 Å². The van der Waals surface area contributed by atoms with Gasteiger partial charge in [0.2, 0.25) is 0 Å². The summed E-state index contributed by atoms with van der Waals surface area (Å²) in [6, 6.07) is 46.3. The van der Waals surface area contributed by atoms with Crippen molar-refractivity contribution in [3.8, 4) is 34.2 Å². The molecule has 0 bridgehead atoms. The van der Waals surface area contributed by atoms with Gasteiger partial charge in [-0.2, -0.15) is 0 Å². The van der Waals surface area contributed by atoms with Crippen LogP contribution in [-0.4, -0.2) is 19.3 Å². The van der Waals surface area contributed by atoms with Crippen LogP contribution in [0, 0.1) is 0 Å². The molecule has 0 saturated carbocycles. The van der Waals surface area contributed by atoms with E-state index < -0.39 is 0 Å². The van der Waals surface area contributed by atoms with Gasteiger partial charge in [-0.3, -0.25) is 4.57 Å². The maximum atomic E-state index is 4.64. The standard InChI is InChI=1S/C32H22N4/c1-4-12-23(13-5-1)31-33-34-32(24-14-6-2-7-15-24)36(31)26-20-21-30-28(22-26)27-18-10-11-19-29(27)35(30)25-16-8-3-9-17-25/h1-22H. The van der Waals surface area contributed by atoms with Gasteiger partial charge < -0.3 is 4.57 Å². The van der Waals surface area contributed by atoms with Crippen LogP contribution in [0.5, 0.6) is 0 Å². The lowest BCUT2D eigenvalue weighted by Crippen LogP contribution is -2.00. The average molecular weight is 463 g/mol. The number of hydrogen-bond donors (Lipinski definition) is 0. The van der Waals surface area contributed by atoms with E-state index in [9.17, 15) is 0 Å². The maximum absolute atomic E-state index is 4.64. The highest BCUT2D eigenvalue weighted by atomic mass is 15.3. The Morgan fingerprint density at radius 1 is 0.389 bits per heavy atom. The second-order valence-electron chi connectivity index (χ2n) is 8.80. The van der Waals surface area contributed by atoms with Gasteiger partial charge in [-0.05, 0) is 36.4 Å². The van der Waals surface area contributed by atoms with Crippen LogP contribution in [0.3, 0.4) is 0 Å². The molecule has 2 heterocycles. The van der Waals surface area contributed by atoms with Crippen LogP contribution in [0.2, 0.25) is 0 Å². The van der Waals surface area contributed by atoms with E-state index >= 15 is 0 Å². The molecule has 170 valence electrons. The van der Waals surface area contributed by atoms with Crippen molar-refractivity contribution in [3.05, 3.63) is 133 Å². The van der Waals surface area contributed by atoms with Crippen molar-refractivity contribution in [3.63, 3.8) is 0 Å². The molecule has 0 atom stereocenters. The smallest absolute Gasteiger partial charge is 0.168 e. The molecule has 5 aromatic carbocycles. The van der Waals surface area contributed by atoms with Gasteiger partial charge in [-0.15, -0.1) is 10.2 Å². The molecule has 0 aliphatic heterocycles. The zero-order valence-electron chi connectivity index (χ0n) is 19.5. The van der Waals surface area contributed by atoms with E-state index in [0.717, 1.165) is 34.2 Å². The van der Waals surface area contributed by atoms with Crippen molar-refractivity contribution < 1.29 is 0 Å². The molecule has 0 amide bonds. The fourth-order valence-electron chi connectivity index (χ4n) is 5.03. The fraction of sp³-hybridized carbons (Fsp3) is 0. The molecule has 0 saturated heterocycles. The van der Waals surface area contributed by atoms with Crippen molar-refractivity contribution >= 4 is 21.8 Å². The van der Waals surface area contributed by atoms with Crippen LogP contribution in [0.4, 0.5) is 0 Å². The van der Waals surface area contributed by atoms with Crippen LogP contribution in [0.25, 0.3) is 56.0 Å². The number of benzene rings is 5. The summed E-state index contributed by atoms with van der Waals surface area (Å²) < 4.78 is 4.50. The molecule has 36 heavy (non-hydrogen) atoms. The van der Waals surface area contributed by atoms with Crippen molar-refractivity contribution in [1.82, 2.24) is 19.3 Å². The van der Waals surface area contributed by atoms with Gasteiger partial charge in [0.25, 0.3) is 0 Å². The van der Waals surface area contributed by atoms with E-state index in [0.29, 0.717) is 0 Å². The van der Waals surface area contributed by atoms with Crippen LogP contribution in [-0.2, 0) is 0 Å². The molecule has 0 N–H and O–H groups in total. The number of hydrogen-bond acceptors (Lipinski definition) is 2. The number of rotatable bonds is 4. The molecule has 0 aliphatic carbocycles. The van der Waals surface area contributed by atoms with E-state index in [-0.39, 0.29) is 0 Å². The molecule has 0 fully saturated rings. The lowest BCUT2D eigenvalue weighted by atomic mass is 10.1. The third kappa shape index (κ3) is 3.23. The fourth-order valence-corrected chi connectivity index (χ4v) is 5.03. The first-order chi connectivity index (χ1) is 17.9. The van der Waals surface area contributed by atoms with Gasteiger partial charge in [0.05, 0.1) is 16.7 Å². The molecule has 0 radical (unpaired) electrons. The highest BCUT2D eigenvalue weighted by Gasteiger charge is 2.19. The highest BCUT2D eigenvalue weighted by Crippen LogP contribution is 2.35. The molecular formula is C32H22N4. The number of nitrogens with zero attached hydrogens (tertiary/aromatic N) is 4. The summed E-state index contributed by atoms with van der Waals surface area (Å²) in [5, 5.41) is 11.7. The Labute approximate surface area is 208 Å². The van der Waals surface area contributed by atoms with Gasteiger partial charge in [0.1, 0.15) is 0 Å². The summed E-state index contributed by atoms with van der Waals surface area (Å²) in [4.78, 5) is 0. The third-order valence-corrected chi connectivity index (χ3v) is 6.66. The Kier molecular flexibility index (Phi) is 4.74. The van der Waals surface area contributed by atoms with E-state index in [1.807, 2.05) is 36.4 Å². The molecule has 0 unspecified atom stereocenters. The van der Waals surface area contributed by atoms with Gasteiger partial charge >= 0.3 is 0 Å². The van der Waals surface area contributed by atoms with Crippen LogP contribution in [0.15, 0.2) is 133 Å². The summed E-state index contributed by atoms with van der Waals surface area (Å²) in [6.07, 6.45) is 0. The Balaban J connectivity index is 1.52. The minimum absolute atomic E-state index is 0.820. The van der Waals surface area contributed by atoms with Crippen LogP contribution < -0.4 is 0 Å². The SMILES string of the molecule is c1ccc(-c2nnc(-c3ccccc3)n2-c2ccc3c(c2)c2ccccc2n3-c2ccccc2)cc1.